The lowest BCUT2D eigenvalue weighted by atomic mass is 10.1. The molecule has 0 unspecified atom stereocenters. The molecule has 0 bridgehead atoms. The Morgan fingerprint density at radius 2 is 1.04 bits per heavy atom. The largest absolute Gasteiger partial charge is 0.507 e. The smallest absolute Gasteiger partial charge is 0.167 e. The van der Waals surface area contributed by atoms with Gasteiger partial charge in [-0.1, -0.05) is 24.3 Å². The molecule has 6 nitrogen and oxygen atoms in total. The Hall–Kier alpha value is -2.70. The molecule has 1 aliphatic rings. The van der Waals surface area contributed by atoms with Gasteiger partial charge < -0.3 is 20.0 Å². The molecule has 6 heteroatoms. The lowest BCUT2D eigenvalue weighted by molar-refractivity contribution is 0.0882. The molecule has 28 heavy (non-hydrogen) atoms. The van der Waals surface area contributed by atoms with Crippen LogP contribution in [0.2, 0.25) is 0 Å². The fourth-order valence-corrected chi connectivity index (χ4v) is 3.44. The first kappa shape index (κ1) is 20.0. The van der Waals surface area contributed by atoms with Crippen LogP contribution in [-0.4, -0.2) is 70.8 Å². The van der Waals surface area contributed by atoms with E-state index in [1.165, 1.54) is 12.1 Å². The van der Waals surface area contributed by atoms with Gasteiger partial charge in [-0.05, 0) is 24.3 Å². The van der Waals surface area contributed by atoms with Gasteiger partial charge in [-0.15, -0.1) is 0 Å². The number of rotatable bonds is 8. The van der Waals surface area contributed by atoms with Crippen LogP contribution in [-0.2, 0) is 0 Å². The number of piperazine rings is 1. The quantitative estimate of drug-likeness (QED) is 0.683. The van der Waals surface area contributed by atoms with Gasteiger partial charge in [0.25, 0.3) is 0 Å². The van der Waals surface area contributed by atoms with E-state index in [1.54, 1.807) is 36.4 Å². The van der Waals surface area contributed by atoms with Crippen LogP contribution in [0.1, 0.15) is 33.6 Å². The molecule has 148 valence electrons. The summed E-state index contributed by atoms with van der Waals surface area (Å²) in [5, 5.41) is 19.5. The summed E-state index contributed by atoms with van der Waals surface area (Å²) in [6.45, 7) is 4.71. The van der Waals surface area contributed by atoms with Crippen LogP contribution in [0.5, 0.6) is 11.5 Å². The van der Waals surface area contributed by atoms with Gasteiger partial charge in [-0.3, -0.25) is 9.59 Å². The van der Waals surface area contributed by atoms with E-state index in [4.69, 9.17) is 0 Å². The van der Waals surface area contributed by atoms with Crippen LogP contribution in [0.4, 0.5) is 0 Å². The number of nitrogens with zero attached hydrogens (tertiary/aromatic N) is 2. The average molecular weight is 382 g/mol. The predicted molar refractivity (Wildman–Crippen MR) is 107 cm³/mol. The van der Waals surface area contributed by atoms with E-state index in [9.17, 15) is 19.8 Å². The first-order valence-corrected chi connectivity index (χ1v) is 9.61. The zero-order valence-corrected chi connectivity index (χ0v) is 15.9. The minimum Gasteiger partial charge on any atom is -0.507 e. The van der Waals surface area contributed by atoms with Crippen molar-refractivity contribution in [3.05, 3.63) is 59.7 Å². The minimum absolute atomic E-state index is 0.0337. The third-order valence-electron chi connectivity index (χ3n) is 5.18. The SMILES string of the molecule is O=C(CCN1CCN(CCC(=O)c2ccccc2O)CC1)c1ccccc1O. The van der Waals surface area contributed by atoms with Gasteiger partial charge in [-0.25, -0.2) is 0 Å². The van der Waals surface area contributed by atoms with E-state index in [0.717, 1.165) is 26.2 Å². The third-order valence-corrected chi connectivity index (χ3v) is 5.18. The highest BCUT2D eigenvalue weighted by atomic mass is 16.3. The molecule has 0 saturated carbocycles. The Kier molecular flexibility index (Phi) is 6.79. The second-order valence-electron chi connectivity index (χ2n) is 7.06. The van der Waals surface area contributed by atoms with E-state index in [-0.39, 0.29) is 23.1 Å². The fraction of sp³-hybridized carbons (Fsp3) is 0.364. The van der Waals surface area contributed by atoms with E-state index >= 15 is 0 Å². The highest BCUT2D eigenvalue weighted by Gasteiger charge is 2.20. The van der Waals surface area contributed by atoms with Crippen molar-refractivity contribution in [3.8, 4) is 11.5 Å². The van der Waals surface area contributed by atoms with Gasteiger partial charge in [0.15, 0.2) is 11.6 Å². The van der Waals surface area contributed by atoms with Crippen molar-refractivity contribution in [2.45, 2.75) is 12.8 Å². The number of para-hydroxylation sites is 2. The van der Waals surface area contributed by atoms with Crippen LogP contribution in [0.15, 0.2) is 48.5 Å². The van der Waals surface area contributed by atoms with E-state index in [1.807, 2.05) is 0 Å². The van der Waals surface area contributed by atoms with Gasteiger partial charge in [0.05, 0.1) is 11.1 Å². The zero-order valence-electron chi connectivity index (χ0n) is 15.9. The van der Waals surface area contributed by atoms with E-state index < -0.39 is 0 Å². The monoisotopic (exact) mass is 382 g/mol. The average Bonchev–Trinajstić information content (AvgIpc) is 2.71. The molecule has 1 heterocycles. The lowest BCUT2D eigenvalue weighted by Crippen LogP contribution is -2.47. The van der Waals surface area contributed by atoms with Gasteiger partial charge >= 0.3 is 0 Å². The van der Waals surface area contributed by atoms with Crippen molar-refractivity contribution in [2.75, 3.05) is 39.3 Å². The molecule has 2 aromatic carbocycles. The van der Waals surface area contributed by atoms with E-state index in [2.05, 4.69) is 9.80 Å². The highest BCUT2D eigenvalue weighted by molar-refractivity contribution is 5.99. The van der Waals surface area contributed by atoms with Gasteiger partial charge in [0.2, 0.25) is 0 Å². The Bertz CT molecular complexity index is 759. The number of hydrogen-bond acceptors (Lipinski definition) is 6. The number of Topliss-reactive ketones (excluding diaryl/α,β-unsaturated/α-hetero) is 2. The predicted octanol–water partition coefficient (Wildman–Crippen LogP) is 2.56. The molecule has 0 amide bonds. The summed E-state index contributed by atoms with van der Waals surface area (Å²) in [6, 6.07) is 13.3. The van der Waals surface area contributed by atoms with Crippen LogP contribution in [0, 0.1) is 0 Å². The van der Waals surface area contributed by atoms with Crippen molar-refractivity contribution in [1.82, 2.24) is 9.80 Å². The standard InChI is InChI=1S/C22H26N2O4/c25-19-7-3-1-5-17(19)21(27)9-11-23-13-15-24(16-14-23)12-10-22(28)18-6-2-4-8-20(18)26/h1-8,25-26H,9-16H2. The molecule has 2 aromatic rings. The van der Waals surface area contributed by atoms with Gasteiger partial charge in [0, 0.05) is 52.1 Å². The molecule has 1 fully saturated rings. The Balaban J connectivity index is 1.39. The second-order valence-corrected chi connectivity index (χ2v) is 7.06. The van der Waals surface area contributed by atoms with Crippen molar-refractivity contribution in [3.63, 3.8) is 0 Å². The summed E-state index contributed by atoms with van der Waals surface area (Å²) in [4.78, 5) is 29.0. The molecule has 0 aliphatic carbocycles. The molecule has 0 atom stereocenters. The number of phenolic OH excluding ortho intramolecular Hbond substituents is 2. The van der Waals surface area contributed by atoms with E-state index in [0.29, 0.717) is 37.1 Å². The summed E-state index contributed by atoms with van der Waals surface area (Å²) in [7, 11) is 0. The maximum atomic E-state index is 12.3. The molecule has 3 rings (SSSR count). The maximum absolute atomic E-state index is 12.3. The zero-order chi connectivity index (χ0) is 19.9. The molecule has 1 aliphatic heterocycles. The van der Waals surface area contributed by atoms with Crippen LogP contribution >= 0.6 is 0 Å². The van der Waals surface area contributed by atoms with Crippen molar-refractivity contribution < 1.29 is 19.8 Å². The molecule has 0 spiro atoms. The number of hydrogen-bond donors (Lipinski definition) is 2. The van der Waals surface area contributed by atoms with Gasteiger partial charge in [0.1, 0.15) is 11.5 Å². The maximum Gasteiger partial charge on any atom is 0.167 e. The number of carbonyl (C=O) groups excluding carboxylic acids is 2. The number of benzene rings is 2. The summed E-state index contributed by atoms with van der Waals surface area (Å²) in [5.74, 6) is -0.0273. The summed E-state index contributed by atoms with van der Waals surface area (Å²) < 4.78 is 0. The number of phenols is 2. The highest BCUT2D eigenvalue weighted by Crippen LogP contribution is 2.19. The molecule has 1 saturated heterocycles. The first-order chi connectivity index (χ1) is 13.5. The Morgan fingerprint density at radius 1 is 0.679 bits per heavy atom. The summed E-state index contributed by atoms with van der Waals surface area (Å²) in [6.07, 6.45) is 0.757. The normalized spacial score (nSPS) is 15.4. The number of carbonyl (C=O) groups is 2. The summed E-state index contributed by atoms with van der Waals surface area (Å²) in [5.41, 5.74) is 0.757. The molecule has 0 radical (unpaired) electrons. The van der Waals surface area contributed by atoms with Crippen molar-refractivity contribution >= 4 is 11.6 Å². The molecular formula is C22H26N2O4. The third kappa shape index (κ3) is 5.18. The van der Waals surface area contributed by atoms with Crippen LogP contribution in [0.25, 0.3) is 0 Å². The second kappa shape index (κ2) is 9.48. The van der Waals surface area contributed by atoms with Gasteiger partial charge in [-0.2, -0.15) is 0 Å². The Labute approximate surface area is 165 Å². The minimum atomic E-state index is -0.0474. The summed E-state index contributed by atoms with van der Waals surface area (Å²) >= 11 is 0. The number of aromatic hydroxyl groups is 2. The fourth-order valence-electron chi connectivity index (χ4n) is 3.44. The van der Waals surface area contributed by atoms with Crippen molar-refractivity contribution in [1.29, 1.82) is 0 Å². The van der Waals surface area contributed by atoms with Crippen LogP contribution < -0.4 is 0 Å². The topological polar surface area (TPSA) is 81.1 Å². The first-order valence-electron chi connectivity index (χ1n) is 9.61. The lowest BCUT2D eigenvalue weighted by Gasteiger charge is -2.34. The van der Waals surface area contributed by atoms with Crippen molar-refractivity contribution in [2.24, 2.45) is 0 Å². The molecule has 0 aromatic heterocycles. The molecular weight excluding hydrogens is 356 g/mol. The number of ketones is 2. The molecule has 2 N–H and O–H groups in total. The Morgan fingerprint density at radius 3 is 1.39 bits per heavy atom. The van der Waals surface area contributed by atoms with Crippen LogP contribution in [0.3, 0.4) is 0 Å².